The summed E-state index contributed by atoms with van der Waals surface area (Å²) in [6.07, 6.45) is 1.73. The van der Waals surface area contributed by atoms with Crippen molar-refractivity contribution in [3.8, 4) is 0 Å². The smallest absolute Gasteiger partial charge is 0.0545 e. The number of anilines is 1. The Hall–Kier alpha value is -0.740. The van der Waals surface area contributed by atoms with E-state index in [1.54, 1.807) is 6.20 Å². The second kappa shape index (κ2) is 4.86. The molecule has 1 fully saturated rings. The molecule has 0 aromatic carbocycles. The predicted octanol–water partition coefficient (Wildman–Crippen LogP) is 1.60. The molecule has 1 unspecified atom stereocenters. The van der Waals surface area contributed by atoms with Crippen LogP contribution in [-0.4, -0.2) is 34.0 Å². The van der Waals surface area contributed by atoms with Crippen LogP contribution in [0.5, 0.6) is 0 Å². The second-order valence-corrected chi connectivity index (χ2v) is 5.13. The van der Waals surface area contributed by atoms with Crippen molar-refractivity contribution >= 4 is 17.4 Å². The highest BCUT2D eigenvalue weighted by Crippen LogP contribution is 2.17. The van der Waals surface area contributed by atoms with Gasteiger partial charge in [-0.05, 0) is 19.1 Å². The fraction of sp³-hybridized carbons (Fsp3) is 0.545. The van der Waals surface area contributed by atoms with Gasteiger partial charge in [0, 0.05) is 30.6 Å². The second-order valence-electron chi connectivity index (χ2n) is 3.98. The summed E-state index contributed by atoms with van der Waals surface area (Å²) in [6.45, 7) is 4.39. The first-order chi connectivity index (χ1) is 7.25. The van der Waals surface area contributed by atoms with E-state index in [0.29, 0.717) is 6.04 Å². The van der Waals surface area contributed by atoms with Gasteiger partial charge in [-0.3, -0.25) is 9.88 Å². The Morgan fingerprint density at radius 1 is 1.60 bits per heavy atom. The van der Waals surface area contributed by atoms with Crippen LogP contribution < -0.4 is 5.73 Å². The molecule has 2 rings (SSSR count). The van der Waals surface area contributed by atoms with Gasteiger partial charge in [-0.1, -0.05) is 0 Å². The lowest BCUT2D eigenvalue weighted by atomic mass is 10.2. The molecule has 0 bridgehead atoms. The monoisotopic (exact) mass is 223 g/mol. The van der Waals surface area contributed by atoms with Crippen molar-refractivity contribution in [1.29, 1.82) is 0 Å². The summed E-state index contributed by atoms with van der Waals surface area (Å²) in [6, 6.07) is 4.60. The van der Waals surface area contributed by atoms with Crippen molar-refractivity contribution < 1.29 is 0 Å². The van der Waals surface area contributed by atoms with Gasteiger partial charge in [0.15, 0.2) is 0 Å². The minimum atomic E-state index is 0.656. The van der Waals surface area contributed by atoms with Crippen LogP contribution in [-0.2, 0) is 6.54 Å². The largest absolute Gasteiger partial charge is 0.397 e. The molecule has 1 aliphatic heterocycles. The molecule has 3 nitrogen and oxygen atoms in total. The highest BCUT2D eigenvalue weighted by molar-refractivity contribution is 7.99. The summed E-state index contributed by atoms with van der Waals surface area (Å²) < 4.78 is 0. The molecular weight excluding hydrogens is 206 g/mol. The topological polar surface area (TPSA) is 42.1 Å². The number of pyridine rings is 1. The maximum Gasteiger partial charge on any atom is 0.0545 e. The van der Waals surface area contributed by atoms with Crippen LogP contribution in [0.4, 0.5) is 5.69 Å². The Morgan fingerprint density at radius 2 is 2.47 bits per heavy atom. The first-order valence-electron chi connectivity index (χ1n) is 5.28. The van der Waals surface area contributed by atoms with Crippen LogP contribution >= 0.6 is 11.8 Å². The molecule has 1 aromatic rings. The average molecular weight is 223 g/mol. The number of nitrogens with two attached hydrogens (primary N) is 1. The number of thioether (sulfide) groups is 1. The summed E-state index contributed by atoms with van der Waals surface area (Å²) in [4.78, 5) is 6.81. The van der Waals surface area contributed by atoms with Gasteiger partial charge in [0.1, 0.15) is 0 Å². The summed E-state index contributed by atoms with van der Waals surface area (Å²) >= 11 is 2.04. The van der Waals surface area contributed by atoms with Gasteiger partial charge in [0.25, 0.3) is 0 Å². The first kappa shape index (κ1) is 10.8. The van der Waals surface area contributed by atoms with Crippen LogP contribution in [0.2, 0.25) is 0 Å². The van der Waals surface area contributed by atoms with Crippen molar-refractivity contribution in [3.63, 3.8) is 0 Å². The highest BCUT2D eigenvalue weighted by Gasteiger charge is 2.18. The lowest BCUT2D eigenvalue weighted by molar-refractivity contribution is 0.221. The third kappa shape index (κ3) is 2.86. The summed E-state index contributed by atoms with van der Waals surface area (Å²) in [5.74, 6) is 2.47. The predicted molar refractivity (Wildman–Crippen MR) is 65.8 cm³/mol. The van der Waals surface area contributed by atoms with Gasteiger partial charge in [0.2, 0.25) is 0 Å². The molecule has 2 N–H and O–H groups in total. The van der Waals surface area contributed by atoms with Crippen molar-refractivity contribution in [2.75, 3.05) is 23.8 Å². The Morgan fingerprint density at radius 3 is 3.13 bits per heavy atom. The molecule has 2 heterocycles. The third-order valence-corrected chi connectivity index (χ3v) is 3.91. The SMILES string of the molecule is CC1CSCCN1Cc1ccc(N)cn1. The molecule has 0 saturated carbocycles. The highest BCUT2D eigenvalue weighted by atomic mass is 32.2. The Bertz CT molecular complexity index is 312. The van der Waals surface area contributed by atoms with Gasteiger partial charge < -0.3 is 5.73 Å². The number of hydrogen-bond acceptors (Lipinski definition) is 4. The Kier molecular flexibility index (Phi) is 3.49. The quantitative estimate of drug-likeness (QED) is 0.827. The normalized spacial score (nSPS) is 22.9. The van der Waals surface area contributed by atoms with E-state index in [1.807, 2.05) is 23.9 Å². The van der Waals surface area contributed by atoms with E-state index in [-0.39, 0.29) is 0 Å². The molecule has 0 amide bonds. The lowest BCUT2D eigenvalue weighted by Crippen LogP contribution is -2.39. The fourth-order valence-electron chi connectivity index (χ4n) is 1.73. The van der Waals surface area contributed by atoms with Gasteiger partial charge >= 0.3 is 0 Å². The van der Waals surface area contributed by atoms with Crippen LogP contribution in [0, 0.1) is 0 Å². The molecule has 15 heavy (non-hydrogen) atoms. The molecule has 0 aliphatic carbocycles. The summed E-state index contributed by atoms with van der Waals surface area (Å²) in [5, 5.41) is 0. The van der Waals surface area contributed by atoms with Gasteiger partial charge in [-0.2, -0.15) is 11.8 Å². The van der Waals surface area contributed by atoms with Crippen LogP contribution in [0.1, 0.15) is 12.6 Å². The number of rotatable bonds is 2. The van der Waals surface area contributed by atoms with Crippen LogP contribution in [0.15, 0.2) is 18.3 Å². The van der Waals surface area contributed by atoms with E-state index in [0.717, 1.165) is 24.5 Å². The zero-order valence-corrected chi connectivity index (χ0v) is 9.83. The van der Waals surface area contributed by atoms with E-state index >= 15 is 0 Å². The standard InChI is InChI=1S/C11H17N3S/c1-9-8-15-5-4-14(9)7-11-3-2-10(12)6-13-11/h2-3,6,9H,4-5,7-8,12H2,1H3. The van der Waals surface area contributed by atoms with E-state index < -0.39 is 0 Å². The molecule has 0 spiro atoms. The fourth-order valence-corrected chi connectivity index (χ4v) is 2.82. The van der Waals surface area contributed by atoms with E-state index in [2.05, 4.69) is 16.8 Å². The van der Waals surface area contributed by atoms with Gasteiger partial charge in [-0.15, -0.1) is 0 Å². The van der Waals surface area contributed by atoms with E-state index in [9.17, 15) is 0 Å². The molecular formula is C11H17N3S. The number of nitrogen functional groups attached to an aromatic ring is 1. The average Bonchev–Trinajstić information content (AvgIpc) is 2.25. The minimum Gasteiger partial charge on any atom is -0.397 e. The van der Waals surface area contributed by atoms with Crippen LogP contribution in [0.25, 0.3) is 0 Å². The molecule has 82 valence electrons. The zero-order chi connectivity index (χ0) is 10.7. The molecule has 4 heteroatoms. The Balaban J connectivity index is 1.98. The maximum absolute atomic E-state index is 5.61. The number of nitrogens with zero attached hydrogens (tertiary/aromatic N) is 2. The number of hydrogen-bond donors (Lipinski definition) is 1. The van der Waals surface area contributed by atoms with Crippen molar-refractivity contribution in [3.05, 3.63) is 24.0 Å². The Labute approximate surface area is 95.1 Å². The molecule has 0 radical (unpaired) electrons. The molecule has 1 aliphatic rings. The van der Waals surface area contributed by atoms with E-state index in [4.69, 9.17) is 5.73 Å². The number of aromatic nitrogens is 1. The van der Waals surface area contributed by atoms with Crippen molar-refractivity contribution in [2.45, 2.75) is 19.5 Å². The molecule has 1 atom stereocenters. The van der Waals surface area contributed by atoms with Crippen molar-refractivity contribution in [1.82, 2.24) is 9.88 Å². The molecule has 1 saturated heterocycles. The van der Waals surface area contributed by atoms with Crippen molar-refractivity contribution in [2.24, 2.45) is 0 Å². The minimum absolute atomic E-state index is 0.656. The third-order valence-electron chi connectivity index (χ3n) is 2.72. The summed E-state index contributed by atoms with van der Waals surface area (Å²) in [7, 11) is 0. The first-order valence-corrected chi connectivity index (χ1v) is 6.43. The van der Waals surface area contributed by atoms with Crippen LogP contribution in [0.3, 0.4) is 0 Å². The lowest BCUT2D eigenvalue weighted by Gasteiger charge is -2.32. The zero-order valence-electron chi connectivity index (χ0n) is 9.02. The maximum atomic E-state index is 5.61. The van der Waals surface area contributed by atoms with E-state index in [1.165, 1.54) is 11.5 Å². The molecule has 1 aromatic heterocycles. The van der Waals surface area contributed by atoms with Gasteiger partial charge in [-0.25, -0.2) is 0 Å². The van der Waals surface area contributed by atoms with Gasteiger partial charge in [0.05, 0.1) is 17.6 Å². The summed E-state index contributed by atoms with van der Waals surface area (Å²) in [5.41, 5.74) is 7.46.